The first-order valence-electron chi connectivity index (χ1n) is 8.30. The lowest BCUT2D eigenvalue weighted by molar-refractivity contribution is -0.123. The molecule has 26 heavy (non-hydrogen) atoms. The molecule has 7 nitrogen and oxygen atoms in total. The SMILES string of the molecule is COc1ccc(NC(=O)C2CCc3cc4c(cc3O2)OCO4)cc1OC. The molecule has 7 heteroatoms. The molecule has 2 aliphatic rings. The van der Waals surface area contributed by atoms with E-state index in [0.717, 1.165) is 17.7 Å². The van der Waals surface area contributed by atoms with E-state index in [1.165, 1.54) is 0 Å². The van der Waals surface area contributed by atoms with Crippen molar-refractivity contribution in [2.45, 2.75) is 18.9 Å². The molecule has 0 spiro atoms. The van der Waals surface area contributed by atoms with Crippen molar-refractivity contribution in [2.75, 3.05) is 26.3 Å². The van der Waals surface area contributed by atoms with Crippen LogP contribution in [0.25, 0.3) is 0 Å². The highest BCUT2D eigenvalue weighted by atomic mass is 16.7. The molecule has 0 fully saturated rings. The molecule has 1 amide bonds. The molecule has 2 aromatic rings. The van der Waals surface area contributed by atoms with Crippen molar-refractivity contribution in [1.29, 1.82) is 0 Å². The Labute approximate surface area is 150 Å². The van der Waals surface area contributed by atoms with E-state index in [1.54, 1.807) is 38.5 Å². The zero-order valence-corrected chi connectivity index (χ0v) is 14.5. The topological polar surface area (TPSA) is 75.3 Å². The van der Waals surface area contributed by atoms with Gasteiger partial charge in [0.1, 0.15) is 5.75 Å². The van der Waals surface area contributed by atoms with Crippen LogP contribution < -0.4 is 29.0 Å². The van der Waals surface area contributed by atoms with Gasteiger partial charge in [-0.15, -0.1) is 0 Å². The van der Waals surface area contributed by atoms with Crippen LogP contribution in [-0.2, 0) is 11.2 Å². The van der Waals surface area contributed by atoms with Gasteiger partial charge in [-0.2, -0.15) is 0 Å². The molecule has 2 aliphatic heterocycles. The quantitative estimate of drug-likeness (QED) is 0.907. The third kappa shape index (κ3) is 2.96. The van der Waals surface area contributed by atoms with Gasteiger partial charge >= 0.3 is 0 Å². The molecule has 1 unspecified atom stereocenters. The summed E-state index contributed by atoms with van der Waals surface area (Å²) in [6.07, 6.45) is 0.748. The van der Waals surface area contributed by atoms with Crippen molar-refractivity contribution < 1.29 is 28.5 Å². The minimum absolute atomic E-state index is 0.208. The first kappa shape index (κ1) is 16.4. The van der Waals surface area contributed by atoms with Crippen molar-refractivity contribution in [3.8, 4) is 28.7 Å². The Kier molecular flexibility index (Phi) is 4.20. The average Bonchev–Trinajstić information content (AvgIpc) is 3.12. The van der Waals surface area contributed by atoms with E-state index in [4.69, 9.17) is 23.7 Å². The third-order valence-electron chi connectivity index (χ3n) is 4.44. The molecule has 0 bridgehead atoms. The number of ether oxygens (including phenoxy) is 5. The molecular weight excluding hydrogens is 338 g/mol. The standard InChI is InChI=1S/C19H19NO6/c1-22-13-6-4-12(8-16(13)23-2)20-19(21)14-5-3-11-7-17-18(25-10-24-17)9-15(11)26-14/h4,6-9,14H,3,5,10H2,1-2H3,(H,20,21). The number of fused-ring (bicyclic) bond motifs is 2. The van der Waals surface area contributed by atoms with Crippen molar-refractivity contribution in [3.05, 3.63) is 35.9 Å². The number of benzene rings is 2. The van der Waals surface area contributed by atoms with Crippen LogP contribution in [0.4, 0.5) is 5.69 Å². The minimum Gasteiger partial charge on any atom is -0.493 e. The van der Waals surface area contributed by atoms with Gasteiger partial charge in [0.25, 0.3) is 5.91 Å². The van der Waals surface area contributed by atoms with E-state index in [-0.39, 0.29) is 12.7 Å². The van der Waals surface area contributed by atoms with Gasteiger partial charge in [0.15, 0.2) is 29.1 Å². The predicted molar refractivity (Wildman–Crippen MR) is 93.5 cm³/mol. The summed E-state index contributed by atoms with van der Waals surface area (Å²) in [5, 5.41) is 2.87. The van der Waals surface area contributed by atoms with E-state index in [9.17, 15) is 4.79 Å². The predicted octanol–water partition coefficient (Wildman–Crippen LogP) is 2.76. The van der Waals surface area contributed by atoms with E-state index in [2.05, 4.69) is 5.32 Å². The molecule has 4 rings (SSSR count). The molecule has 0 aliphatic carbocycles. The highest BCUT2D eigenvalue weighted by Crippen LogP contribution is 2.41. The maximum atomic E-state index is 12.6. The van der Waals surface area contributed by atoms with Crippen LogP contribution in [0, 0.1) is 0 Å². The van der Waals surface area contributed by atoms with Crippen LogP contribution in [0.1, 0.15) is 12.0 Å². The van der Waals surface area contributed by atoms with Gasteiger partial charge in [-0.25, -0.2) is 0 Å². The fourth-order valence-electron chi connectivity index (χ4n) is 3.09. The number of methoxy groups -OCH3 is 2. The number of nitrogens with one attached hydrogen (secondary N) is 1. The Hall–Kier alpha value is -3.09. The van der Waals surface area contributed by atoms with Gasteiger partial charge in [-0.1, -0.05) is 0 Å². The second-order valence-corrected chi connectivity index (χ2v) is 6.02. The highest BCUT2D eigenvalue weighted by molar-refractivity contribution is 5.95. The first-order valence-corrected chi connectivity index (χ1v) is 8.30. The van der Waals surface area contributed by atoms with Gasteiger partial charge in [0, 0.05) is 17.8 Å². The molecule has 1 N–H and O–H groups in total. The summed E-state index contributed by atoms with van der Waals surface area (Å²) in [4.78, 5) is 12.6. The highest BCUT2D eigenvalue weighted by Gasteiger charge is 2.29. The Morgan fingerprint density at radius 3 is 2.58 bits per heavy atom. The second-order valence-electron chi connectivity index (χ2n) is 6.02. The molecule has 0 saturated heterocycles. The Morgan fingerprint density at radius 2 is 1.81 bits per heavy atom. The zero-order chi connectivity index (χ0) is 18.1. The van der Waals surface area contributed by atoms with Crippen LogP contribution in [0.3, 0.4) is 0 Å². The van der Waals surface area contributed by atoms with Crippen molar-refractivity contribution in [1.82, 2.24) is 0 Å². The largest absolute Gasteiger partial charge is 0.493 e. The molecule has 2 heterocycles. The number of carbonyl (C=O) groups excluding carboxylic acids is 1. The number of amides is 1. The summed E-state index contributed by atoms with van der Waals surface area (Å²) < 4.78 is 27.1. The second kappa shape index (κ2) is 6.67. The number of rotatable bonds is 4. The fraction of sp³-hybridized carbons (Fsp3) is 0.316. The normalized spacial score (nSPS) is 17.1. The smallest absolute Gasteiger partial charge is 0.265 e. The minimum atomic E-state index is -0.573. The third-order valence-corrected chi connectivity index (χ3v) is 4.44. The number of carbonyl (C=O) groups is 1. The monoisotopic (exact) mass is 357 g/mol. The Bertz CT molecular complexity index is 850. The van der Waals surface area contributed by atoms with Crippen LogP contribution in [0.5, 0.6) is 28.7 Å². The zero-order valence-electron chi connectivity index (χ0n) is 14.5. The molecule has 1 atom stereocenters. The van der Waals surface area contributed by atoms with Crippen molar-refractivity contribution in [2.24, 2.45) is 0 Å². The van der Waals surface area contributed by atoms with E-state index in [1.807, 2.05) is 6.07 Å². The van der Waals surface area contributed by atoms with Crippen molar-refractivity contribution >= 4 is 11.6 Å². The number of hydrogen-bond donors (Lipinski definition) is 1. The number of hydrogen-bond acceptors (Lipinski definition) is 6. The van der Waals surface area contributed by atoms with Crippen LogP contribution in [-0.4, -0.2) is 33.0 Å². The fourth-order valence-corrected chi connectivity index (χ4v) is 3.09. The molecular formula is C19H19NO6. The summed E-state index contributed by atoms with van der Waals surface area (Å²) in [6, 6.07) is 8.92. The first-order chi connectivity index (χ1) is 12.7. The molecule has 136 valence electrons. The lowest BCUT2D eigenvalue weighted by atomic mass is 10.0. The summed E-state index contributed by atoms with van der Waals surface area (Å²) in [7, 11) is 3.11. The van der Waals surface area contributed by atoms with Gasteiger partial charge in [-0.3, -0.25) is 4.79 Å². The number of anilines is 1. The lowest BCUT2D eigenvalue weighted by Crippen LogP contribution is -2.35. The van der Waals surface area contributed by atoms with Gasteiger partial charge in [0.2, 0.25) is 6.79 Å². The van der Waals surface area contributed by atoms with Gasteiger partial charge < -0.3 is 29.0 Å². The average molecular weight is 357 g/mol. The van der Waals surface area contributed by atoms with Crippen LogP contribution >= 0.6 is 0 Å². The Balaban J connectivity index is 1.48. The van der Waals surface area contributed by atoms with Crippen LogP contribution in [0.15, 0.2) is 30.3 Å². The number of aryl methyl sites for hydroxylation is 1. The maximum absolute atomic E-state index is 12.6. The molecule has 2 aromatic carbocycles. The summed E-state index contributed by atoms with van der Waals surface area (Å²) in [5.41, 5.74) is 1.64. The van der Waals surface area contributed by atoms with E-state index in [0.29, 0.717) is 35.1 Å². The van der Waals surface area contributed by atoms with Crippen LogP contribution in [0.2, 0.25) is 0 Å². The summed E-state index contributed by atoms with van der Waals surface area (Å²) in [6.45, 7) is 0.210. The lowest BCUT2D eigenvalue weighted by Gasteiger charge is -2.25. The van der Waals surface area contributed by atoms with Gasteiger partial charge in [-0.05, 0) is 36.6 Å². The van der Waals surface area contributed by atoms with Crippen molar-refractivity contribution in [3.63, 3.8) is 0 Å². The van der Waals surface area contributed by atoms with E-state index < -0.39 is 6.10 Å². The summed E-state index contributed by atoms with van der Waals surface area (Å²) in [5.74, 6) is 2.97. The van der Waals surface area contributed by atoms with Gasteiger partial charge in [0.05, 0.1) is 14.2 Å². The summed E-state index contributed by atoms with van der Waals surface area (Å²) >= 11 is 0. The Morgan fingerprint density at radius 1 is 1.04 bits per heavy atom. The van der Waals surface area contributed by atoms with E-state index >= 15 is 0 Å². The molecule has 0 radical (unpaired) electrons. The maximum Gasteiger partial charge on any atom is 0.265 e. The molecule has 0 aromatic heterocycles. The molecule has 0 saturated carbocycles.